The summed E-state index contributed by atoms with van der Waals surface area (Å²) in [4.78, 5) is 15.9. The van der Waals surface area contributed by atoms with Crippen LogP contribution in [0.5, 0.6) is 0 Å². The minimum absolute atomic E-state index is 0.0705. The number of hydrogen-bond acceptors (Lipinski definition) is 3. The van der Waals surface area contributed by atoms with Crippen molar-refractivity contribution in [3.05, 3.63) is 58.8 Å². The fourth-order valence-electron chi connectivity index (χ4n) is 1.77. The number of amides is 1. The van der Waals surface area contributed by atoms with Crippen molar-refractivity contribution >= 4 is 27.5 Å². The summed E-state index contributed by atoms with van der Waals surface area (Å²) in [6.07, 6.45) is 3.53. The fraction of sp³-hybridized carbons (Fsp3) is 0.200. The first kappa shape index (κ1) is 14.7. The van der Waals surface area contributed by atoms with Crippen molar-refractivity contribution in [2.45, 2.75) is 13.0 Å². The molecule has 2 N–H and O–H groups in total. The molecule has 5 heteroatoms. The van der Waals surface area contributed by atoms with Crippen molar-refractivity contribution in [2.24, 2.45) is 0 Å². The molecule has 20 heavy (non-hydrogen) atoms. The third-order valence-corrected chi connectivity index (χ3v) is 3.35. The molecule has 0 aliphatic rings. The predicted octanol–water partition coefficient (Wildman–Crippen LogP) is 3.13. The van der Waals surface area contributed by atoms with Gasteiger partial charge in [-0.3, -0.25) is 9.78 Å². The molecular weight excluding hydrogens is 318 g/mol. The molecule has 0 aliphatic carbocycles. The first-order valence-corrected chi connectivity index (χ1v) is 7.13. The quantitative estimate of drug-likeness (QED) is 0.883. The Kier molecular flexibility index (Phi) is 5.26. The van der Waals surface area contributed by atoms with Gasteiger partial charge in [0.15, 0.2) is 0 Å². The van der Waals surface area contributed by atoms with Crippen LogP contribution in [0.3, 0.4) is 0 Å². The number of halogens is 1. The number of carbonyl (C=O) groups excluding carboxylic acids is 1. The van der Waals surface area contributed by atoms with Crippen molar-refractivity contribution in [3.63, 3.8) is 0 Å². The molecule has 1 aromatic heterocycles. The zero-order chi connectivity index (χ0) is 14.4. The number of pyridine rings is 1. The summed E-state index contributed by atoms with van der Waals surface area (Å²) < 4.78 is 0.937. The minimum atomic E-state index is -0.0705. The van der Waals surface area contributed by atoms with E-state index in [0.717, 1.165) is 15.7 Å². The molecule has 1 heterocycles. The monoisotopic (exact) mass is 333 g/mol. The zero-order valence-corrected chi connectivity index (χ0v) is 12.7. The Labute approximate surface area is 126 Å². The molecule has 1 atom stereocenters. The summed E-state index contributed by atoms with van der Waals surface area (Å²) >= 11 is 3.37. The summed E-state index contributed by atoms with van der Waals surface area (Å²) in [5.41, 5.74) is 1.84. The molecule has 1 aromatic carbocycles. The van der Waals surface area contributed by atoms with Crippen LogP contribution in [0.2, 0.25) is 0 Å². The number of benzene rings is 1. The molecule has 0 fully saturated rings. The predicted molar refractivity (Wildman–Crippen MR) is 83.4 cm³/mol. The maximum atomic E-state index is 11.9. The molecule has 0 radical (unpaired) electrons. The smallest absolute Gasteiger partial charge is 0.238 e. The average Bonchev–Trinajstić information content (AvgIpc) is 2.46. The SMILES string of the molecule is C[C@H](NCC(=O)Nc1cccc(Br)c1)c1cccnc1. The number of rotatable bonds is 5. The van der Waals surface area contributed by atoms with Gasteiger partial charge in [0, 0.05) is 28.6 Å². The summed E-state index contributed by atoms with van der Waals surface area (Å²) in [5, 5.41) is 6.01. The maximum Gasteiger partial charge on any atom is 0.238 e. The third kappa shape index (κ3) is 4.43. The van der Waals surface area contributed by atoms with Gasteiger partial charge in [-0.05, 0) is 36.8 Å². The number of hydrogen-bond donors (Lipinski definition) is 2. The maximum absolute atomic E-state index is 11.9. The van der Waals surface area contributed by atoms with Crippen molar-refractivity contribution in [3.8, 4) is 0 Å². The van der Waals surface area contributed by atoms with E-state index in [-0.39, 0.29) is 18.5 Å². The number of nitrogens with one attached hydrogen (secondary N) is 2. The normalized spacial score (nSPS) is 11.9. The highest BCUT2D eigenvalue weighted by molar-refractivity contribution is 9.10. The van der Waals surface area contributed by atoms with Crippen LogP contribution in [0.1, 0.15) is 18.5 Å². The lowest BCUT2D eigenvalue weighted by atomic mass is 10.1. The summed E-state index contributed by atoms with van der Waals surface area (Å²) in [7, 11) is 0. The highest BCUT2D eigenvalue weighted by Gasteiger charge is 2.08. The van der Waals surface area contributed by atoms with Gasteiger partial charge in [0.25, 0.3) is 0 Å². The molecule has 2 rings (SSSR count). The Morgan fingerprint density at radius 1 is 1.35 bits per heavy atom. The molecule has 1 amide bonds. The van der Waals surface area contributed by atoms with Gasteiger partial charge in [0.05, 0.1) is 6.54 Å². The molecule has 0 spiro atoms. The lowest BCUT2D eigenvalue weighted by molar-refractivity contribution is -0.115. The van der Waals surface area contributed by atoms with Gasteiger partial charge in [-0.15, -0.1) is 0 Å². The number of aromatic nitrogens is 1. The average molecular weight is 334 g/mol. The highest BCUT2D eigenvalue weighted by Crippen LogP contribution is 2.15. The van der Waals surface area contributed by atoms with Crippen LogP contribution < -0.4 is 10.6 Å². The second-order valence-electron chi connectivity index (χ2n) is 4.45. The molecule has 0 saturated heterocycles. The van der Waals surface area contributed by atoms with Crippen LogP contribution in [0, 0.1) is 0 Å². The standard InChI is InChI=1S/C15H16BrN3O/c1-11(12-4-3-7-17-9-12)18-10-15(20)19-14-6-2-5-13(16)8-14/h2-9,11,18H,10H2,1H3,(H,19,20)/t11-/m0/s1. The van der Waals surface area contributed by atoms with Crippen LogP contribution in [-0.4, -0.2) is 17.4 Å². The molecular formula is C15H16BrN3O. The zero-order valence-electron chi connectivity index (χ0n) is 11.1. The molecule has 0 unspecified atom stereocenters. The molecule has 0 bridgehead atoms. The Hall–Kier alpha value is -1.72. The van der Waals surface area contributed by atoms with E-state index in [1.807, 2.05) is 43.3 Å². The van der Waals surface area contributed by atoms with Crippen LogP contribution in [-0.2, 0) is 4.79 Å². The minimum Gasteiger partial charge on any atom is -0.325 e. The Morgan fingerprint density at radius 3 is 2.90 bits per heavy atom. The van der Waals surface area contributed by atoms with Crippen molar-refractivity contribution in [2.75, 3.05) is 11.9 Å². The van der Waals surface area contributed by atoms with Crippen molar-refractivity contribution < 1.29 is 4.79 Å². The van der Waals surface area contributed by atoms with E-state index in [1.54, 1.807) is 12.4 Å². The van der Waals surface area contributed by atoms with E-state index in [9.17, 15) is 4.79 Å². The fourth-order valence-corrected chi connectivity index (χ4v) is 2.17. The number of anilines is 1. The van der Waals surface area contributed by atoms with Gasteiger partial charge in [-0.2, -0.15) is 0 Å². The van der Waals surface area contributed by atoms with E-state index in [0.29, 0.717) is 0 Å². The summed E-state index contributed by atoms with van der Waals surface area (Å²) in [6, 6.07) is 11.5. The van der Waals surface area contributed by atoms with Crippen molar-refractivity contribution in [1.82, 2.24) is 10.3 Å². The lowest BCUT2D eigenvalue weighted by Crippen LogP contribution is -2.30. The second kappa shape index (κ2) is 7.17. The topological polar surface area (TPSA) is 54.0 Å². The largest absolute Gasteiger partial charge is 0.325 e. The molecule has 0 aliphatic heterocycles. The van der Waals surface area contributed by atoms with Gasteiger partial charge in [-0.1, -0.05) is 28.1 Å². The first-order chi connectivity index (χ1) is 9.65. The van der Waals surface area contributed by atoms with Gasteiger partial charge >= 0.3 is 0 Å². The van der Waals surface area contributed by atoms with Gasteiger partial charge in [0.2, 0.25) is 5.91 Å². The number of carbonyl (C=O) groups is 1. The number of nitrogens with zero attached hydrogens (tertiary/aromatic N) is 1. The Balaban J connectivity index is 1.83. The van der Waals surface area contributed by atoms with Gasteiger partial charge in [-0.25, -0.2) is 0 Å². The first-order valence-electron chi connectivity index (χ1n) is 6.34. The molecule has 104 valence electrons. The summed E-state index contributed by atoms with van der Waals surface area (Å²) in [5.74, 6) is -0.0705. The van der Waals surface area contributed by atoms with E-state index >= 15 is 0 Å². The molecule has 0 saturated carbocycles. The Bertz CT molecular complexity index is 574. The van der Waals surface area contributed by atoms with Crippen LogP contribution >= 0.6 is 15.9 Å². The van der Waals surface area contributed by atoms with Crippen LogP contribution in [0.25, 0.3) is 0 Å². The van der Waals surface area contributed by atoms with E-state index in [1.165, 1.54) is 0 Å². The van der Waals surface area contributed by atoms with E-state index in [2.05, 4.69) is 31.5 Å². The van der Waals surface area contributed by atoms with Gasteiger partial charge in [0.1, 0.15) is 0 Å². The highest BCUT2D eigenvalue weighted by atomic mass is 79.9. The summed E-state index contributed by atoms with van der Waals surface area (Å²) in [6.45, 7) is 2.26. The van der Waals surface area contributed by atoms with Gasteiger partial charge < -0.3 is 10.6 Å². The molecule has 2 aromatic rings. The van der Waals surface area contributed by atoms with E-state index < -0.39 is 0 Å². The third-order valence-electron chi connectivity index (χ3n) is 2.86. The lowest BCUT2D eigenvalue weighted by Gasteiger charge is -2.13. The second-order valence-corrected chi connectivity index (χ2v) is 5.36. The van der Waals surface area contributed by atoms with E-state index in [4.69, 9.17) is 0 Å². The van der Waals surface area contributed by atoms with Crippen molar-refractivity contribution in [1.29, 1.82) is 0 Å². The molecule has 4 nitrogen and oxygen atoms in total. The Morgan fingerprint density at radius 2 is 2.20 bits per heavy atom. The van der Waals surface area contributed by atoms with Crippen LogP contribution in [0.4, 0.5) is 5.69 Å². The van der Waals surface area contributed by atoms with Crippen LogP contribution in [0.15, 0.2) is 53.3 Å².